The molecule has 4 heteroatoms. The zero-order valence-corrected chi connectivity index (χ0v) is 9.49. The Labute approximate surface area is 95.3 Å². The van der Waals surface area contributed by atoms with Gasteiger partial charge in [0.2, 0.25) is 0 Å². The molecule has 1 heterocycles. The minimum Gasteiger partial charge on any atom is -0.383 e. The molecule has 0 aliphatic heterocycles. The number of Topliss-reactive ketones (excluding diaryl/α,β-unsaturated/α-hetero) is 1. The van der Waals surface area contributed by atoms with Crippen LogP contribution >= 0.6 is 0 Å². The number of hydrogen-bond donors (Lipinski definition) is 2. The van der Waals surface area contributed by atoms with Crippen molar-refractivity contribution < 1.29 is 4.79 Å². The van der Waals surface area contributed by atoms with Gasteiger partial charge in [0, 0.05) is 25.2 Å². The number of carbonyl (C=O) groups is 1. The Morgan fingerprint density at radius 1 is 1.62 bits per heavy atom. The number of aryl methyl sites for hydroxylation is 1. The predicted octanol–water partition coefficient (Wildman–Crippen LogP) is 1.30. The molecule has 0 aromatic carbocycles. The van der Waals surface area contributed by atoms with Crippen molar-refractivity contribution in [1.29, 1.82) is 0 Å². The molecule has 1 fully saturated rings. The third-order valence-electron chi connectivity index (χ3n) is 2.72. The van der Waals surface area contributed by atoms with Gasteiger partial charge in [-0.05, 0) is 31.4 Å². The lowest BCUT2D eigenvalue weighted by Crippen LogP contribution is -2.20. The van der Waals surface area contributed by atoms with Crippen LogP contribution in [-0.2, 0) is 0 Å². The minimum absolute atomic E-state index is 0.0712. The smallest absolute Gasteiger partial charge is 0.167 e. The van der Waals surface area contributed by atoms with E-state index in [0.29, 0.717) is 23.8 Å². The molecule has 4 nitrogen and oxygen atoms in total. The maximum Gasteiger partial charge on any atom is 0.167 e. The van der Waals surface area contributed by atoms with Crippen molar-refractivity contribution in [3.05, 3.63) is 23.4 Å². The Kier molecular flexibility index (Phi) is 3.19. The van der Waals surface area contributed by atoms with Crippen molar-refractivity contribution in [2.75, 3.05) is 12.3 Å². The minimum atomic E-state index is 0.0712. The fourth-order valence-corrected chi connectivity index (χ4v) is 1.62. The van der Waals surface area contributed by atoms with Gasteiger partial charge in [-0.1, -0.05) is 0 Å². The molecule has 0 spiro atoms. The molecule has 1 saturated carbocycles. The lowest BCUT2D eigenvalue weighted by molar-refractivity contribution is 0.0983. The van der Waals surface area contributed by atoms with Crippen molar-refractivity contribution in [3.8, 4) is 0 Å². The first-order valence-corrected chi connectivity index (χ1v) is 5.65. The number of ketones is 1. The summed E-state index contributed by atoms with van der Waals surface area (Å²) < 4.78 is 0. The van der Waals surface area contributed by atoms with Gasteiger partial charge in [0.05, 0.1) is 5.56 Å². The Bertz CT molecular complexity index is 399. The lowest BCUT2D eigenvalue weighted by Gasteiger charge is -2.05. The Morgan fingerprint density at radius 3 is 3.06 bits per heavy atom. The van der Waals surface area contributed by atoms with Gasteiger partial charge in [0.1, 0.15) is 5.82 Å². The van der Waals surface area contributed by atoms with Crippen LogP contribution in [0.2, 0.25) is 0 Å². The zero-order chi connectivity index (χ0) is 11.5. The second-order valence-electron chi connectivity index (χ2n) is 4.35. The number of rotatable bonds is 5. The Hall–Kier alpha value is -1.42. The maximum absolute atomic E-state index is 11.9. The van der Waals surface area contributed by atoms with Crippen molar-refractivity contribution >= 4 is 11.6 Å². The molecule has 0 radical (unpaired) electrons. The summed E-state index contributed by atoms with van der Waals surface area (Å²) >= 11 is 0. The lowest BCUT2D eigenvalue weighted by atomic mass is 10.1. The highest BCUT2D eigenvalue weighted by Crippen LogP contribution is 2.18. The summed E-state index contributed by atoms with van der Waals surface area (Å²) in [6.07, 6.45) is 4.64. The third kappa shape index (κ3) is 2.79. The zero-order valence-electron chi connectivity index (χ0n) is 9.49. The molecular formula is C12H17N3O. The number of anilines is 1. The van der Waals surface area contributed by atoms with Crippen LogP contribution < -0.4 is 11.1 Å². The summed E-state index contributed by atoms with van der Waals surface area (Å²) in [5.41, 5.74) is 7.20. The van der Waals surface area contributed by atoms with Gasteiger partial charge in [-0.25, -0.2) is 4.98 Å². The van der Waals surface area contributed by atoms with Crippen molar-refractivity contribution in [1.82, 2.24) is 10.3 Å². The van der Waals surface area contributed by atoms with Crippen LogP contribution in [0.5, 0.6) is 0 Å². The number of nitrogens with zero attached hydrogens (tertiary/aromatic N) is 1. The first-order chi connectivity index (χ1) is 7.66. The van der Waals surface area contributed by atoms with E-state index >= 15 is 0 Å². The standard InChI is InChI=1S/C12H17N3O/c1-8-6-10(12(13)15-7-8)11(16)4-5-14-9-2-3-9/h6-7,9,14H,2-5H2,1H3,(H2,13,15). The van der Waals surface area contributed by atoms with E-state index in [1.165, 1.54) is 12.8 Å². The quantitative estimate of drug-likeness (QED) is 0.732. The highest BCUT2D eigenvalue weighted by Gasteiger charge is 2.20. The normalized spacial score (nSPS) is 15.1. The average Bonchev–Trinajstić information content (AvgIpc) is 3.05. The first-order valence-electron chi connectivity index (χ1n) is 5.65. The molecule has 1 aliphatic rings. The van der Waals surface area contributed by atoms with Gasteiger partial charge in [-0.3, -0.25) is 4.79 Å². The predicted molar refractivity (Wildman–Crippen MR) is 63.4 cm³/mol. The molecule has 3 N–H and O–H groups in total. The van der Waals surface area contributed by atoms with Crippen LogP contribution in [0.4, 0.5) is 5.82 Å². The van der Waals surface area contributed by atoms with Crippen molar-refractivity contribution in [2.45, 2.75) is 32.2 Å². The number of nitrogens with one attached hydrogen (secondary N) is 1. The second kappa shape index (κ2) is 4.61. The van der Waals surface area contributed by atoms with E-state index in [1.807, 2.05) is 13.0 Å². The number of nitrogen functional groups attached to an aromatic ring is 1. The van der Waals surface area contributed by atoms with Crippen LogP contribution in [0.15, 0.2) is 12.3 Å². The summed E-state index contributed by atoms with van der Waals surface area (Å²) in [5, 5.41) is 3.31. The van der Waals surface area contributed by atoms with E-state index in [9.17, 15) is 4.79 Å². The summed E-state index contributed by atoms with van der Waals surface area (Å²) in [6.45, 7) is 2.64. The van der Waals surface area contributed by atoms with E-state index in [2.05, 4.69) is 10.3 Å². The molecule has 0 saturated heterocycles. The second-order valence-corrected chi connectivity index (χ2v) is 4.35. The van der Waals surface area contributed by atoms with Gasteiger partial charge in [-0.15, -0.1) is 0 Å². The number of carbonyl (C=O) groups excluding carboxylic acids is 1. The fourth-order valence-electron chi connectivity index (χ4n) is 1.62. The highest BCUT2D eigenvalue weighted by atomic mass is 16.1. The molecule has 2 rings (SSSR count). The third-order valence-corrected chi connectivity index (χ3v) is 2.72. The summed E-state index contributed by atoms with van der Waals surface area (Å²) in [7, 11) is 0. The maximum atomic E-state index is 11.9. The van der Waals surface area contributed by atoms with Crippen molar-refractivity contribution in [2.24, 2.45) is 0 Å². The molecule has 16 heavy (non-hydrogen) atoms. The molecule has 86 valence electrons. The van der Waals surface area contributed by atoms with Crippen LogP contribution in [-0.4, -0.2) is 23.4 Å². The number of pyridine rings is 1. The van der Waals surface area contributed by atoms with Gasteiger partial charge >= 0.3 is 0 Å². The van der Waals surface area contributed by atoms with Crippen LogP contribution in [0, 0.1) is 6.92 Å². The molecule has 1 aromatic rings. The molecular weight excluding hydrogens is 202 g/mol. The van der Waals surface area contributed by atoms with Gasteiger partial charge < -0.3 is 11.1 Å². The van der Waals surface area contributed by atoms with Crippen molar-refractivity contribution in [3.63, 3.8) is 0 Å². The van der Waals surface area contributed by atoms with E-state index in [1.54, 1.807) is 6.20 Å². The topological polar surface area (TPSA) is 68.0 Å². The summed E-state index contributed by atoms with van der Waals surface area (Å²) in [4.78, 5) is 15.9. The Balaban J connectivity index is 1.93. The largest absolute Gasteiger partial charge is 0.383 e. The molecule has 0 bridgehead atoms. The Morgan fingerprint density at radius 2 is 2.38 bits per heavy atom. The number of hydrogen-bond acceptors (Lipinski definition) is 4. The first kappa shape index (κ1) is 11.1. The van der Waals surface area contributed by atoms with E-state index in [0.717, 1.165) is 12.1 Å². The average molecular weight is 219 g/mol. The van der Waals surface area contributed by atoms with Crippen LogP contribution in [0.3, 0.4) is 0 Å². The van der Waals surface area contributed by atoms with Gasteiger partial charge in [-0.2, -0.15) is 0 Å². The SMILES string of the molecule is Cc1cnc(N)c(C(=O)CCNC2CC2)c1. The van der Waals surface area contributed by atoms with Crippen LogP contribution in [0.25, 0.3) is 0 Å². The molecule has 0 unspecified atom stereocenters. The number of nitrogens with two attached hydrogens (primary N) is 1. The van der Waals surface area contributed by atoms with Gasteiger partial charge in [0.25, 0.3) is 0 Å². The van der Waals surface area contributed by atoms with E-state index < -0.39 is 0 Å². The van der Waals surface area contributed by atoms with Gasteiger partial charge in [0.15, 0.2) is 5.78 Å². The molecule has 1 aliphatic carbocycles. The van der Waals surface area contributed by atoms with E-state index in [4.69, 9.17) is 5.73 Å². The summed E-state index contributed by atoms with van der Waals surface area (Å²) in [6, 6.07) is 2.45. The molecule has 1 aromatic heterocycles. The number of aromatic nitrogens is 1. The molecule has 0 amide bonds. The fraction of sp³-hybridized carbons (Fsp3) is 0.500. The van der Waals surface area contributed by atoms with E-state index in [-0.39, 0.29) is 5.78 Å². The van der Waals surface area contributed by atoms with Crippen LogP contribution in [0.1, 0.15) is 35.2 Å². The molecule has 0 atom stereocenters. The monoisotopic (exact) mass is 219 g/mol. The highest BCUT2D eigenvalue weighted by molar-refractivity contribution is 6.00. The summed E-state index contributed by atoms with van der Waals surface area (Å²) in [5.74, 6) is 0.406.